The molecule has 0 atom stereocenters. The molecule has 3 heterocycles. The lowest BCUT2D eigenvalue weighted by Gasteiger charge is -2.10. The van der Waals surface area contributed by atoms with E-state index in [-0.39, 0.29) is 0 Å². The van der Waals surface area contributed by atoms with Gasteiger partial charge in [-0.05, 0) is 46.8 Å². The highest BCUT2D eigenvalue weighted by molar-refractivity contribution is 6.25. The van der Waals surface area contributed by atoms with Crippen LogP contribution in [0.3, 0.4) is 0 Å². The molecule has 3 aromatic heterocycles. The molecule has 0 fully saturated rings. The topological polar surface area (TPSA) is 17.3 Å². The quantitative estimate of drug-likeness (QED) is 0.246. The van der Waals surface area contributed by atoms with Crippen LogP contribution in [-0.2, 0) is 0 Å². The van der Waals surface area contributed by atoms with Gasteiger partial charge < -0.3 is 4.40 Å². The summed E-state index contributed by atoms with van der Waals surface area (Å²) in [4.78, 5) is 4.78. The number of pyridine rings is 1. The molecule has 0 amide bonds. The molecule has 0 aliphatic rings. The van der Waals surface area contributed by atoms with E-state index in [0.29, 0.717) is 0 Å². The van der Waals surface area contributed by atoms with Crippen molar-refractivity contribution >= 4 is 59.8 Å². The first-order valence-corrected chi connectivity index (χ1v) is 11.3. The molecule has 8 rings (SSSR count). The van der Waals surface area contributed by atoms with Crippen LogP contribution in [-0.4, -0.2) is 9.38 Å². The standard InChI is InChI=1S/C31H18N2/c1-3-12-27-23(9-1)25-17-21(18-26-24-10-2-4-13-28(24)33(27)31(25)26)22-11-5-7-19-14-15-20-8-6-16-32-30(20)29(19)22/h1-18H. The Morgan fingerprint density at radius 1 is 0.545 bits per heavy atom. The summed E-state index contributed by atoms with van der Waals surface area (Å²) in [5, 5.41) is 8.82. The average Bonchev–Trinajstić information content (AvgIpc) is 3.40. The van der Waals surface area contributed by atoms with Gasteiger partial charge >= 0.3 is 0 Å². The Hall–Kier alpha value is -4.43. The normalized spacial score (nSPS) is 12.2. The number of hydrogen-bond acceptors (Lipinski definition) is 1. The minimum Gasteiger partial charge on any atom is -0.308 e. The van der Waals surface area contributed by atoms with Crippen LogP contribution in [0.15, 0.2) is 109 Å². The molecule has 0 spiro atoms. The molecular weight excluding hydrogens is 400 g/mol. The summed E-state index contributed by atoms with van der Waals surface area (Å²) in [6, 6.07) is 37.4. The van der Waals surface area contributed by atoms with E-state index in [0.717, 1.165) is 5.52 Å². The second kappa shape index (κ2) is 6.08. The molecule has 0 aliphatic carbocycles. The van der Waals surface area contributed by atoms with Crippen molar-refractivity contribution in [3.05, 3.63) is 109 Å². The Morgan fingerprint density at radius 2 is 1.21 bits per heavy atom. The number of benzene rings is 5. The minimum atomic E-state index is 1.06. The van der Waals surface area contributed by atoms with Crippen molar-refractivity contribution in [2.45, 2.75) is 0 Å². The van der Waals surface area contributed by atoms with E-state index in [1.165, 1.54) is 65.4 Å². The van der Waals surface area contributed by atoms with Crippen molar-refractivity contribution in [3.8, 4) is 11.1 Å². The van der Waals surface area contributed by atoms with Crippen LogP contribution in [0.1, 0.15) is 0 Å². The van der Waals surface area contributed by atoms with Gasteiger partial charge in [-0.3, -0.25) is 4.98 Å². The van der Waals surface area contributed by atoms with Gasteiger partial charge in [-0.2, -0.15) is 0 Å². The van der Waals surface area contributed by atoms with Gasteiger partial charge in [0, 0.05) is 38.5 Å². The van der Waals surface area contributed by atoms with E-state index in [1.54, 1.807) is 0 Å². The summed E-state index contributed by atoms with van der Waals surface area (Å²) in [7, 11) is 0. The molecule has 8 aromatic rings. The van der Waals surface area contributed by atoms with Crippen molar-refractivity contribution in [2.24, 2.45) is 0 Å². The van der Waals surface area contributed by atoms with Crippen LogP contribution in [0.25, 0.3) is 70.9 Å². The highest BCUT2D eigenvalue weighted by Gasteiger charge is 2.19. The Bertz CT molecular complexity index is 1940. The summed E-state index contributed by atoms with van der Waals surface area (Å²) < 4.78 is 2.43. The average molecular weight is 418 g/mol. The van der Waals surface area contributed by atoms with Gasteiger partial charge in [-0.1, -0.05) is 72.8 Å². The molecule has 5 aromatic carbocycles. The first-order chi connectivity index (χ1) is 16.4. The third-order valence-corrected chi connectivity index (χ3v) is 7.13. The van der Waals surface area contributed by atoms with Gasteiger partial charge in [0.2, 0.25) is 0 Å². The summed E-state index contributed by atoms with van der Waals surface area (Å²) in [6.07, 6.45) is 1.89. The van der Waals surface area contributed by atoms with Crippen molar-refractivity contribution in [2.75, 3.05) is 0 Å². The molecule has 0 saturated heterocycles. The van der Waals surface area contributed by atoms with Gasteiger partial charge in [0.05, 0.1) is 22.1 Å². The number of nitrogens with zero attached hydrogens (tertiary/aromatic N) is 2. The second-order valence-electron chi connectivity index (χ2n) is 8.83. The van der Waals surface area contributed by atoms with Crippen LogP contribution in [0, 0.1) is 0 Å². The fourth-order valence-corrected chi connectivity index (χ4v) is 5.76. The lowest BCUT2D eigenvalue weighted by Crippen LogP contribution is -1.86. The summed E-state index contributed by atoms with van der Waals surface area (Å²) in [6.45, 7) is 0. The summed E-state index contributed by atoms with van der Waals surface area (Å²) in [5.41, 5.74) is 7.37. The highest BCUT2D eigenvalue weighted by atomic mass is 14.9. The lowest BCUT2D eigenvalue weighted by atomic mass is 9.94. The van der Waals surface area contributed by atoms with Crippen LogP contribution in [0.4, 0.5) is 0 Å². The molecule has 0 aliphatic heterocycles. The molecule has 0 bridgehead atoms. The van der Waals surface area contributed by atoms with Gasteiger partial charge in [0.25, 0.3) is 0 Å². The smallest absolute Gasteiger partial charge is 0.0786 e. The molecule has 0 unspecified atom stereocenters. The van der Waals surface area contributed by atoms with Gasteiger partial charge in [0.15, 0.2) is 0 Å². The molecule has 33 heavy (non-hydrogen) atoms. The van der Waals surface area contributed by atoms with Crippen molar-refractivity contribution < 1.29 is 0 Å². The zero-order valence-corrected chi connectivity index (χ0v) is 17.8. The Kier molecular flexibility index (Phi) is 3.16. The molecule has 0 radical (unpaired) electrons. The first kappa shape index (κ1) is 17.2. The van der Waals surface area contributed by atoms with Crippen molar-refractivity contribution in [3.63, 3.8) is 0 Å². The third-order valence-electron chi connectivity index (χ3n) is 7.13. The first-order valence-electron chi connectivity index (χ1n) is 11.3. The van der Waals surface area contributed by atoms with Crippen LogP contribution >= 0.6 is 0 Å². The molecule has 0 saturated carbocycles. The Morgan fingerprint density at radius 3 is 1.97 bits per heavy atom. The SMILES string of the molecule is c1cnc2c(c1)ccc1cccc(-c3cc4c5ccccc5n5c6ccccc6c(c3)c45)c12. The summed E-state index contributed by atoms with van der Waals surface area (Å²) in [5.74, 6) is 0. The van der Waals surface area contributed by atoms with E-state index >= 15 is 0 Å². The maximum Gasteiger partial charge on any atom is 0.0786 e. The predicted octanol–water partition coefficient (Wildman–Crippen LogP) is 8.21. The number of hydrogen-bond donors (Lipinski definition) is 0. The summed E-state index contributed by atoms with van der Waals surface area (Å²) >= 11 is 0. The lowest BCUT2D eigenvalue weighted by molar-refractivity contribution is 1.37. The second-order valence-corrected chi connectivity index (χ2v) is 8.83. The van der Waals surface area contributed by atoms with E-state index in [1.807, 2.05) is 12.3 Å². The van der Waals surface area contributed by atoms with Crippen LogP contribution < -0.4 is 0 Å². The maximum absolute atomic E-state index is 4.78. The van der Waals surface area contributed by atoms with E-state index in [2.05, 4.69) is 101 Å². The van der Waals surface area contributed by atoms with Gasteiger partial charge in [-0.15, -0.1) is 0 Å². The number of rotatable bonds is 1. The van der Waals surface area contributed by atoms with Crippen molar-refractivity contribution in [1.82, 2.24) is 9.38 Å². The number of aromatic nitrogens is 2. The van der Waals surface area contributed by atoms with Crippen LogP contribution in [0.5, 0.6) is 0 Å². The van der Waals surface area contributed by atoms with Gasteiger partial charge in [-0.25, -0.2) is 0 Å². The van der Waals surface area contributed by atoms with E-state index in [4.69, 9.17) is 4.98 Å². The molecule has 2 nitrogen and oxygen atoms in total. The predicted molar refractivity (Wildman–Crippen MR) is 139 cm³/mol. The highest BCUT2D eigenvalue weighted by Crippen LogP contribution is 2.43. The van der Waals surface area contributed by atoms with Crippen LogP contribution in [0.2, 0.25) is 0 Å². The minimum absolute atomic E-state index is 1.06. The monoisotopic (exact) mass is 418 g/mol. The van der Waals surface area contributed by atoms with E-state index in [9.17, 15) is 0 Å². The number of fused-ring (bicyclic) bond motifs is 9. The van der Waals surface area contributed by atoms with Crippen molar-refractivity contribution in [1.29, 1.82) is 0 Å². The molecule has 152 valence electrons. The number of para-hydroxylation sites is 2. The largest absolute Gasteiger partial charge is 0.308 e. The maximum atomic E-state index is 4.78. The zero-order chi connectivity index (χ0) is 21.5. The Labute approximate surface area is 189 Å². The van der Waals surface area contributed by atoms with Gasteiger partial charge in [0.1, 0.15) is 0 Å². The fourth-order valence-electron chi connectivity index (χ4n) is 5.76. The van der Waals surface area contributed by atoms with E-state index < -0.39 is 0 Å². The fraction of sp³-hybridized carbons (Fsp3) is 0. The third kappa shape index (κ3) is 2.15. The molecule has 2 heteroatoms. The molecule has 0 N–H and O–H groups in total. The zero-order valence-electron chi connectivity index (χ0n) is 17.8. The molecular formula is C31H18N2. The Balaban J connectivity index is 1.60.